The van der Waals surface area contributed by atoms with Gasteiger partial charge in [0.2, 0.25) is 10.0 Å². The average Bonchev–Trinajstić information content (AvgIpc) is 3.09. The Morgan fingerprint density at radius 2 is 1.86 bits per heavy atom. The summed E-state index contributed by atoms with van der Waals surface area (Å²) in [5, 5.41) is 14.9. The highest BCUT2D eigenvalue weighted by atomic mass is 32.2. The van der Waals surface area contributed by atoms with Crippen molar-refractivity contribution in [1.29, 1.82) is 0 Å². The molecule has 154 valence electrons. The standard InChI is InChI=1S/C19H24N6O3S/c1-11(2)15-9-16(23-25-10-20-22-18(15)25)19(26)21-14-7-6-13(5)17(8-14)29(27,28)24-12(3)4/h6-12,24H,1-5H3,(H,21,26). The zero-order valence-electron chi connectivity index (χ0n) is 17.0. The second-order valence-electron chi connectivity index (χ2n) is 7.45. The quantitative estimate of drug-likeness (QED) is 0.637. The van der Waals surface area contributed by atoms with Crippen LogP contribution in [0, 0.1) is 6.92 Å². The van der Waals surface area contributed by atoms with Crippen molar-refractivity contribution in [2.75, 3.05) is 5.32 Å². The molecule has 1 amide bonds. The van der Waals surface area contributed by atoms with Gasteiger partial charge in [-0.2, -0.15) is 9.61 Å². The molecule has 1 aromatic carbocycles. The Labute approximate surface area is 169 Å². The molecule has 0 aliphatic heterocycles. The van der Waals surface area contributed by atoms with Crippen molar-refractivity contribution in [1.82, 2.24) is 24.5 Å². The molecule has 0 saturated carbocycles. The van der Waals surface area contributed by atoms with Crippen LogP contribution in [0.5, 0.6) is 0 Å². The Hall–Kier alpha value is -2.85. The van der Waals surface area contributed by atoms with E-state index in [1.54, 1.807) is 39.0 Å². The zero-order chi connectivity index (χ0) is 21.3. The molecule has 3 aromatic rings. The molecule has 0 aliphatic rings. The number of fused-ring (bicyclic) bond motifs is 1. The molecule has 0 aliphatic carbocycles. The Morgan fingerprint density at radius 1 is 1.14 bits per heavy atom. The summed E-state index contributed by atoms with van der Waals surface area (Å²) in [6.45, 7) is 9.18. The number of sulfonamides is 1. The molecule has 2 N–H and O–H groups in total. The Balaban J connectivity index is 1.94. The number of amides is 1. The maximum atomic E-state index is 12.8. The Morgan fingerprint density at radius 3 is 2.52 bits per heavy atom. The lowest BCUT2D eigenvalue weighted by atomic mass is 10.0. The number of carbonyl (C=O) groups excluding carboxylic acids is 1. The van der Waals surface area contributed by atoms with Crippen LogP contribution in [-0.4, -0.2) is 40.2 Å². The molecule has 0 bridgehead atoms. The smallest absolute Gasteiger partial charge is 0.276 e. The Bertz CT molecular complexity index is 1170. The minimum atomic E-state index is -3.69. The summed E-state index contributed by atoms with van der Waals surface area (Å²) >= 11 is 0. The van der Waals surface area contributed by atoms with E-state index in [2.05, 4.69) is 25.3 Å². The molecular formula is C19H24N6O3S. The van der Waals surface area contributed by atoms with E-state index in [1.807, 2.05) is 13.8 Å². The van der Waals surface area contributed by atoms with Gasteiger partial charge >= 0.3 is 0 Å². The van der Waals surface area contributed by atoms with Crippen LogP contribution in [0.4, 0.5) is 5.69 Å². The summed E-state index contributed by atoms with van der Waals surface area (Å²) in [6, 6.07) is 6.18. The van der Waals surface area contributed by atoms with Gasteiger partial charge in [-0.3, -0.25) is 4.79 Å². The van der Waals surface area contributed by atoms with Crippen molar-refractivity contribution in [2.45, 2.75) is 51.5 Å². The first-order valence-electron chi connectivity index (χ1n) is 9.24. The van der Waals surface area contributed by atoms with E-state index in [4.69, 9.17) is 0 Å². The lowest BCUT2D eigenvalue weighted by Crippen LogP contribution is -2.30. The predicted octanol–water partition coefficient (Wildman–Crippen LogP) is 2.50. The Kier molecular flexibility index (Phi) is 5.67. The number of benzene rings is 1. The van der Waals surface area contributed by atoms with Crippen LogP contribution < -0.4 is 10.0 Å². The van der Waals surface area contributed by atoms with Crippen LogP contribution in [0.1, 0.15) is 55.2 Å². The van der Waals surface area contributed by atoms with E-state index < -0.39 is 15.9 Å². The maximum absolute atomic E-state index is 12.8. The minimum Gasteiger partial charge on any atom is -0.321 e. The topological polar surface area (TPSA) is 118 Å². The summed E-state index contributed by atoms with van der Waals surface area (Å²) in [5.41, 5.74) is 2.58. The first kappa shape index (κ1) is 20.9. The number of aromatic nitrogens is 4. The molecule has 0 saturated heterocycles. The predicted molar refractivity (Wildman–Crippen MR) is 109 cm³/mol. The monoisotopic (exact) mass is 416 g/mol. The fourth-order valence-electron chi connectivity index (χ4n) is 2.92. The fraction of sp³-hybridized carbons (Fsp3) is 0.368. The molecular weight excluding hydrogens is 392 g/mol. The van der Waals surface area contributed by atoms with Crippen LogP contribution in [0.15, 0.2) is 35.5 Å². The summed E-state index contributed by atoms with van der Waals surface area (Å²) in [6.07, 6.45) is 1.44. The highest BCUT2D eigenvalue weighted by Gasteiger charge is 2.20. The van der Waals surface area contributed by atoms with E-state index in [-0.39, 0.29) is 22.5 Å². The first-order chi connectivity index (χ1) is 13.6. The number of hydrogen-bond donors (Lipinski definition) is 2. The van der Waals surface area contributed by atoms with Gasteiger partial charge in [-0.25, -0.2) is 13.1 Å². The average molecular weight is 417 g/mol. The van der Waals surface area contributed by atoms with Crippen molar-refractivity contribution in [3.63, 3.8) is 0 Å². The summed E-state index contributed by atoms with van der Waals surface area (Å²) in [7, 11) is -3.69. The minimum absolute atomic E-state index is 0.120. The summed E-state index contributed by atoms with van der Waals surface area (Å²) in [4.78, 5) is 12.9. The maximum Gasteiger partial charge on any atom is 0.276 e. The van der Waals surface area contributed by atoms with Gasteiger partial charge in [-0.15, -0.1) is 10.2 Å². The van der Waals surface area contributed by atoms with E-state index >= 15 is 0 Å². The van der Waals surface area contributed by atoms with Gasteiger partial charge in [-0.1, -0.05) is 19.9 Å². The lowest BCUT2D eigenvalue weighted by molar-refractivity contribution is 0.102. The molecule has 29 heavy (non-hydrogen) atoms. The van der Waals surface area contributed by atoms with E-state index in [9.17, 15) is 13.2 Å². The molecule has 2 aromatic heterocycles. The fourth-order valence-corrected chi connectivity index (χ4v) is 4.44. The van der Waals surface area contributed by atoms with Crippen molar-refractivity contribution >= 4 is 27.3 Å². The van der Waals surface area contributed by atoms with Gasteiger partial charge in [0, 0.05) is 17.3 Å². The number of rotatable bonds is 6. The largest absolute Gasteiger partial charge is 0.321 e. The van der Waals surface area contributed by atoms with Crippen LogP contribution >= 0.6 is 0 Å². The lowest BCUT2D eigenvalue weighted by Gasteiger charge is -2.14. The van der Waals surface area contributed by atoms with Crippen LogP contribution in [0.2, 0.25) is 0 Å². The number of aryl methyl sites for hydroxylation is 1. The van der Waals surface area contributed by atoms with Crippen molar-refractivity contribution in [2.24, 2.45) is 0 Å². The van der Waals surface area contributed by atoms with Gasteiger partial charge in [0.15, 0.2) is 5.65 Å². The number of nitrogens with one attached hydrogen (secondary N) is 2. The number of anilines is 1. The van der Waals surface area contributed by atoms with Crippen molar-refractivity contribution in [3.8, 4) is 0 Å². The van der Waals surface area contributed by atoms with Gasteiger partial charge < -0.3 is 5.32 Å². The normalized spacial score (nSPS) is 12.1. The van der Waals surface area contributed by atoms with Crippen LogP contribution in [0.3, 0.4) is 0 Å². The first-order valence-corrected chi connectivity index (χ1v) is 10.7. The van der Waals surface area contributed by atoms with E-state index in [0.717, 1.165) is 5.56 Å². The molecule has 0 spiro atoms. The molecule has 10 heteroatoms. The second-order valence-corrected chi connectivity index (χ2v) is 9.13. The molecule has 0 unspecified atom stereocenters. The third kappa shape index (κ3) is 4.43. The second kappa shape index (κ2) is 7.88. The van der Waals surface area contributed by atoms with Gasteiger partial charge in [0.1, 0.15) is 12.0 Å². The molecule has 2 heterocycles. The molecule has 0 fully saturated rings. The molecule has 0 radical (unpaired) electrons. The summed E-state index contributed by atoms with van der Waals surface area (Å²) < 4.78 is 29.1. The molecule has 0 atom stereocenters. The van der Waals surface area contributed by atoms with Gasteiger partial charge in [0.25, 0.3) is 5.91 Å². The highest BCUT2D eigenvalue weighted by molar-refractivity contribution is 7.89. The zero-order valence-corrected chi connectivity index (χ0v) is 17.8. The summed E-state index contributed by atoms with van der Waals surface area (Å²) in [5.74, 6) is -0.332. The van der Waals surface area contributed by atoms with Crippen molar-refractivity contribution in [3.05, 3.63) is 47.4 Å². The SMILES string of the molecule is Cc1ccc(NC(=O)c2cc(C(C)C)c3nncn3n2)cc1S(=O)(=O)NC(C)C. The van der Waals surface area contributed by atoms with E-state index in [0.29, 0.717) is 16.9 Å². The van der Waals surface area contributed by atoms with E-state index in [1.165, 1.54) is 16.9 Å². The van der Waals surface area contributed by atoms with Crippen LogP contribution in [-0.2, 0) is 10.0 Å². The molecule has 3 rings (SSSR count). The van der Waals surface area contributed by atoms with Crippen LogP contribution in [0.25, 0.3) is 5.65 Å². The third-order valence-corrected chi connectivity index (χ3v) is 6.08. The highest BCUT2D eigenvalue weighted by Crippen LogP contribution is 2.22. The number of nitrogens with zero attached hydrogens (tertiary/aromatic N) is 4. The van der Waals surface area contributed by atoms with Crippen molar-refractivity contribution < 1.29 is 13.2 Å². The number of hydrogen-bond acceptors (Lipinski definition) is 6. The molecule has 9 nitrogen and oxygen atoms in total. The number of carbonyl (C=O) groups is 1. The van der Waals surface area contributed by atoms with Gasteiger partial charge in [-0.05, 0) is 50.5 Å². The third-order valence-electron chi connectivity index (χ3n) is 4.28. The van der Waals surface area contributed by atoms with Gasteiger partial charge in [0.05, 0.1) is 4.90 Å².